The van der Waals surface area contributed by atoms with Gasteiger partial charge in [-0.2, -0.15) is 0 Å². The molecule has 1 aliphatic rings. The molecule has 0 aliphatic heterocycles. The van der Waals surface area contributed by atoms with Gasteiger partial charge in [0, 0.05) is 18.5 Å². The molecule has 84 valence electrons. The molecule has 1 fully saturated rings. The largest absolute Gasteiger partial charge is 0.469 e. The molecule has 0 radical (unpaired) electrons. The maximum atomic E-state index is 9.68. The maximum Gasteiger partial charge on any atom is 0.105 e. The van der Waals surface area contributed by atoms with Crippen molar-refractivity contribution >= 4 is 0 Å². The minimum atomic E-state index is -0.163. The van der Waals surface area contributed by atoms with E-state index >= 15 is 0 Å². The summed E-state index contributed by atoms with van der Waals surface area (Å²) in [4.78, 5) is 0. The van der Waals surface area contributed by atoms with Crippen LogP contribution >= 0.6 is 0 Å². The summed E-state index contributed by atoms with van der Waals surface area (Å²) in [6.07, 6.45) is 5.58. The Hall–Kier alpha value is -0.800. The lowest BCUT2D eigenvalue weighted by molar-refractivity contribution is 0.143. The Bertz CT molecular complexity index is 284. The van der Waals surface area contributed by atoms with Crippen LogP contribution in [0.1, 0.15) is 31.9 Å². The number of furan rings is 1. The fourth-order valence-electron chi connectivity index (χ4n) is 2.29. The van der Waals surface area contributed by atoms with Gasteiger partial charge in [-0.15, -0.1) is 0 Å². The number of aliphatic hydroxyl groups is 1. The summed E-state index contributed by atoms with van der Waals surface area (Å²) >= 11 is 0. The Morgan fingerprint density at radius 1 is 1.60 bits per heavy atom. The van der Waals surface area contributed by atoms with Crippen LogP contribution in [0, 0.1) is 0 Å². The number of nitrogens with one attached hydrogen (secondary N) is 1. The summed E-state index contributed by atoms with van der Waals surface area (Å²) in [5.41, 5.74) is 0. The first-order valence-electron chi connectivity index (χ1n) is 5.72. The zero-order chi connectivity index (χ0) is 10.7. The topological polar surface area (TPSA) is 45.4 Å². The van der Waals surface area contributed by atoms with Gasteiger partial charge in [-0.05, 0) is 38.3 Å². The van der Waals surface area contributed by atoms with E-state index in [1.807, 2.05) is 12.1 Å². The van der Waals surface area contributed by atoms with Crippen molar-refractivity contribution in [3.05, 3.63) is 24.2 Å². The minimum Gasteiger partial charge on any atom is -0.469 e. The van der Waals surface area contributed by atoms with Crippen LogP contribution in [-0.4, -0.2) is 23.3 Å². The highest BCUT2D eigenvalue weighted by atomic mass is 16.3. The Balaban J connectivity index is 1.79. The third-order valence-corrected chi connectivity index (χ3v) is 3.07. The van der Waals surface area contributed by atoms with Gasteiger partial charge in [-0.3, -0.25) is 0 Å². The molecule has 0 spiro atoms. The Morgan fingerprint density at radius 3 is 3.07 bits per heavy atom. The molecule has 0 amide bonds. The molecule has 1 aliphatic carbocycles. The van der Waals surface area contributed by atoms with Crippen LogP contribution in [0.25, 0.3) is 0 Å². The van der Waals surface area contributed by atoms with Gasteiger partial charge < -0.3 is 14.8 Å². The Kier molecular flexibility index (Phi) is 3.44. The fraction of sp³-hybridized carbons (Fsp3) is 0.667. The van der Waals surface area contributed by atoms with E-state index in [0.29, 0.717) is 6.04 Å². The summed E-state index contributed by atoms with van der Waals surface area (Å²) in [5.74, 6) is 1.00. The number of hydrogen-bond acceptors (Lipinski definition) is 3. The molecule has 3 heteroatoms. The van der Waals surface area contributed by atoms with Crippen LogP contribution in [0.15, 0.2) is 22.8 Å². The van der Waals surface area contributed by atoms with Crippen molar-refractivity contribution in [2.45, 2.75) is 50.8 Å². The molecule has 0 saturated heterocycles. The van der Waals surface area contributed by atoms with E-state index in [2.05, 4.69) is 12.2 Å². The summed E-state index contributed by atoms with van der Waals surface area (Å²) in [6.45, 7) is 2.13. The highest BCUT2D eigenvalue weighted by Gasteiger charge is 2.26. The predicted octanol–water partition coefficient (Wildman–Crippen LogP) is 1.71. The Morgan fingerprint density at radius 2 is 2.47 bits per heavy atom. The lowest BCUT2D eigenvalue weighted by Crippen LogP contribution is -2.42. The average molecular weight is 209 g/mol. The molecule has 1 aromatic heterocycles. The zero-order valence-electron chi connectivity index (χ0n) is 9.15. The second kappa shape index (κ2) is 4.81. The highest BCUT2D eigenvalue weighted by Crippen LogP contribution is 2.19. The van der Waals surface area contributed by atoms with Gasteiger partial charge in [0.1, 0.15) is 5.76 Å². The molecule has 1 unspecified atom stereocenters. The molecule has 2 N–H and O–H groups in total. The van der Waals surface area contributed by atoms with Crippen molar-refractivity contribution in [3.8, 4) is 0 Å². The smallest absolute Gasteiger partial charge is 0.105 e. The lowest BCUT2D eigenvalue weighted by Gasteiger charge is -2.21. The average Bonchev–Trinajstić information content (AvgIpc) is 2.79. The number of hydrogen-bond donors (Lipinski definition) is 2. The second-order valence-corrected chi connectivity index (χ2v) is 4.46. The van der Waals surface area contributed by atoms with Crippen LogP contribution in [0.2, 0.25) is 0 Å². The quantitative estimate of drug-likeness (QED) is 0.793. The molecular formula is C12H19NO2. The first-order chi connectivity index (χ1) is 7.25. The van der Waals surface area contributed by atoms with Crippen molar-refractivity contribution in [1.82, 2.24) is 5.32 Å². The standard InChI is InChI=1S/C12H19NO2/c1-9(8-10-4-3-7-15-10)13-11-5-2-6-12(11)14/h3-4,7,9,11-14H,2,5-6,8H2,1H3/t9?,11-,12-/m1/s1. The lowest BCUT2D eigenvalue weighted by atomic mass is 10.1. The SMILES string of the molecule is CC(Cc1ccco1)N[C@@H]1CCC[C@H]1O. The van der Waals surface area contributed by atoms with E-state index in [1.165, 1.54) is 0 Å². The number of aliphatic hydroxyl groups excluding tert-OH is 1. The van der Waals surface area contributed by atoms with E-state index in [1.54, 1.807) is 6.26 Å². The van der Waals surface area contributed by atoms with E-state index in [0.717, 1.165) is 31.4 Å². The van der Waals surface area contributed by atoms with Crippen molar-refractivity contribution in [1.29, 1.82) is 0 Å². The molecule has 3 nitrogen and oxygen atoms in total. The second-order valence-electron chi connectivity index (χ2n) is 4.46. The molecule has 3 atom stereocenters. The van der Waals surface area contributed by atoms with E-state index in [4.69, 9.17) is 4.42 Å². The monoisotopic (exact) mass is 209 g/mol. The zero-order valence-corrected chi connectivity index (χ0v) is 9.15. The highest BCUT2D eigenvalue weighted by molar-refractivity contribution is 5.00. The van der Waals surface area contributed by atoms with Crippen molar-refractivity contribution in [2.24, 2.45) is 0 Å². The van der Waals surface area contributed by atoms with Gasteiger partial charge in [-0.1, -0.05) is 0 Å². The third kappa shape index (κ3) is 2.83. The van der Waals surface area contributed by atoms with Crippen molar-refractivity contribution < 1.29 is 9.52 Å². The minimum absolute atomic E-state index is 0.163. The normalized spacial score (nSPS) is 28.1. The van der Waals surface area contributed by atoms with Crippen LogP contribution in [0.4, 0.5) is 0 Å². The summed E-state index contributed by atoms with van der Waals surface area (Å²) < 4.78 is 5.29. The van der Waals surface area contributed by atoms with Gasteiger partial charge >= 0.3 is 0 Å². The molecule has 2 rings (SSSR count). The Labute approximate surface area is 90.5 Å². The van der Waals surface area contributed by atoms with Crippen molar-refractivity contribution in [2.75, 3.05) is 0 Å². The molecule has 0 aromatic carbocycles. The van der Waals surface area contributed by atoms with Crippen LogP contribution in [0.3, 0.4) is 0 Å². The van der Waals surface area contributed by atoms with Gasteiger partial charge in [-0.25, -0.2) is 0 Å². The van der Waals surface area contributed by atoms with E-state index in [-0.39, 0.29) is 12.1 Å². The van der Waals surface area contributed by atoms with Gasteiger partial charge in [0.25, 0.3) is 0 Å². The van der Waals surface area contributed by atoms with Crippen molar-refractivity contribution in [3.63, 3.8) is 0 Å². The molecule has 15 heavy (non-hydrogen) atoms. The van der Waals surface area contributed by atoms with Gasteiger partial charge in [0.2, 0.25) is 0 Å². The van der Waals surface area contributed by atoms with E-state index in [9.17, 15) is 5.11 Å². The fourth-order valence-corrected chi connectivity index (χ4v) is 2.29. The molecule has 0 bridgehead atoms. The van der Waals surface area contributed by atoms with Crippen LogP contribution < -0.4 is 5.32 Å². The summed E-state index contributed by atoms with van der Waals surface area (Å²) in [7, 11) is 0. The summed E-state index contributed by atoms with van der Waals surface area (Å²) in [6, 6.07) is 4.53. The summed E-state index contributed by atoms with van der Waals surface area (Å²) in [5, 5.41) is 13.1. The van der Waals surface area contributed by atoms with Crippen LogP contribution in [-0.2, 0) is 6.42 Å². The number of rotatable bonds is 4. The first kappa shape index (κ1) is 10.7. The molecule has 1 saturated carbocycles. The van der Waals surface area contributed by atoms with Gasteiger partial charge in [0.15, 0.2) is 0 Å². The molecule has 1 aromatic rings. The van der Waals surface area contributed by atoms with Gasteiger partial charge in [0.05, 0.1) is 12.4 Å². The third-order valence-electron chi connectivity index (χ3n) is 3.07. The van der Waals surface area contributed by atoms with Crippen LogP contribution in [0.5, 0.6) is 0 Å². The molecular weight excluding hydrogens is 190 g/mol. The van der Waals surface area contributed by atoms with E-state index < -0.39 is 0 Å². The molecule has 1 heterocycles. The predicted molar refractivity (Wildman–Crippen MR) is 58.7 cm³/mol. The maximum absolute atomic E-state index is 9.68. The first-order valence-corrected chi connectivity index (χ1v) is 5.72.